The third-order valence-electron chi connectivity index (χ3n) is 2.00. The van der Waals surface area contributed by atoms with Gasteiger partial charge in [-0.25, -0.2) is 0 Å². The lowest BCUT2D eigenvalue weighted by molar-refractivity contribution is 0.0958. The molecule has 0 atom stereocenters. The van der Waals surface area contributed by atoms with Crippen LogP contribution >= 0.6 is 0 Å². The van der Waals surface area contributed by atoms with Gasteiger partial charge in [0, 0.05) is 12.1 Å². The molecule has 0 aliphatic carbocycles. The molecule has 0 aliphatic rings. The van der Waals surface area contributed by atoms with Gasteiger partial charge in [-0.15, -0.1) is 13.2 Å². The Balaban J connectivity index is 2.66. The highest BCUT2D eigenvalue weighted by Gasteiger charge is 2.02. The summed E-state index contributed by atoms with van der Waals surface area (Å²) in [6.45, 7) is 7.70. The van der Waals surface area contributed by atoms with E-state index in [0.29, 0.717) is 12.1 Å². The van der Waals surface area contributed by atoms with E-state index in [9.17, 15) is 4.79 Å². The maximum absolute atomic E-state index is 11.5. The highest BCUT2D eigenvalue weighted by atomic mass is 16.1. The fourth-order valence-electron chi connectivity index (χ4n) is 1.23. The van der Waals surface area contributed by atoms with Gasteiger partial charge in [-0.1, -0.05) is 24.3 Å². The molecule has 1 aromatic carbocycles. The molecule has 0 aliphatic heterocycles. The van der Waals surface area contributed by atoms with Gasteiger partial charge in [-0.3, -0.25) is 4.79 Å². The van der Waals surface area contributed by atoms with Crippen molar-refractivity contribution in [2.45, 2.75) is 6.42 Å². The summed E-state index contributed by atoms with van der Waals surface area (Å²) in [7, 11) is 0. The minimum Gasteiger partial charge on any atom is -0.349 e. The van der Waals surface area contributed by atoms with Crippen molar-refractivity contribution < 1.29 is 4.79 Å². The number of hydrogen-bond donors (Lipinski definition) is 1. The van der Waals surface area contributed by atoms with Crippen LogP contribution in [0.1, 0.15) is 15.9 Å². The Morgan fingerprint density at radius 3 is 2.40 bits per heavy atom. The molecule has 0 spiro atoms. The topological polar surface area (TPSA) is 29.1 Å². The van der Waals surface area contributed by atoms with Crippen LogP contribution in [0.25, 0.3) is 0 Å². The highest BCUT2D eigenvalue weighted by Crippen LogP contribution is 2.05. The number of carbonyl (C=O) groups excluding carboxylic acids is 1. The molecule has 2 heteroatoms. The van der Waals surface area contributed by atoms with Gasteiger partial charge in [0.1, 0.15) is 0 Å². The molecule has 0 radical (unpaired) electrons. The molecule has 78 valence electrons. The first-order valence-corrected chi connectivity index (χ1v) is 4.87. The van der Waals surface area contributed by atoms with Crippen LogP contribution in [0.2, 0.25) is 0 Å². The van der Waals surface area contributed by atoms with Gasteiger partial charge >= 0.3 is 0 Å². The monoisotopic (exact) mass is 201 g/mol. The second-order valence-electron chi connectivity index (χ2n) is 3.19. The number of hydrogen-bond acceptors (Lipinski definition) is 1. The van der Waals surface area contributed by atoms with Gasteiger partial charge < -0.3 is 5.32 Å². The van der Waals surface area contributed by atoms with Crippen molar-refractivity contribution >= 4 is 5.91 Å². The van der Waals surface area contributed by atoms with E-state index in [0.717, 1.165) is 12.0 Å². The van der Waals surface area contributed by atoms with E-state index in [-0.39, 0.29) is 5.91 Å². The van der Waals surface area contributed by atoms with Crippen LogP contribution in [0.5, 0.6) is 0 Å². The zero-order chi connectivity index (χ0) is 11.1. The summed E-state index contributed by atoms with van der Waals surface area (Å²) in [6.07, 6.45) is 4.32. The van der Waals surface area contributed by atoms with Crippen LogP contribution in [0.3, 0.4) is 0 Å². The molecule has 1 aromatic rings. The fourth-order valence-corrected chi connectivity index (χ4v) is 1.23. The molecule has 0 unspecified atom stereocenters. The van der Waals surface area contributed by atoms with Gasteiger partial charge in [0.25, 0.3) is 5.91 Å². The van der Waals surface area contributed by atoms with Crippen molar-refractivity contribution in [1.82, 2.24) is 5.32 Å². The van der Waals surface area contributed by atoms with Crippen molar-refractivity contribution in [1.29, 1.82) is 0 Å². The Bertz CT molecular complexity index is 351. The lowest BCUT2D eigenvalue weighted by atomic mass is 10.1. The average molecular weight is 201 g/mol. The Morgan fingerprint density at radius 1 is 1.20 bits per heavy atom. The molecule has 2 nitrogen and oxygen atoms in total. The maximum Gasteiger partial charge on any atom is 0.251 e. The lowest BCUT2D eigenvalue weighted by Crippen LogP contribution is -2.23. The average Bonchev–Trinajstić information content (AvgIpc) is 2.27. The molecule has 0 aromatic heterocycles. The van der Waals surface area contributed by atoms with Crippen molar-refractivity contribution in [2.24, 2.45) is 0 Å². The van der Waals surface area contributed by atoms with Crippen molar-refractivity contribution in [3.05, 3.63) is 60.7 Å². The number of amides is 1. The maximum atomic E-state index is 11.5. The van der Waals surface area contributed by atoms with Crippen molar-refractivity contribution in [3.63, 3.8) is 0 Å². The van der Waals surface area contributed by atoms with Gasteiger partial charge in [-0.2, -0.15) is 0 Å². The lowest BCUT2D eigenvalue weighted by Gasteiger charge is -2.03. The quantitative estimate of drug-likeness (QED) is 0.728. The van der Waals surface area contributed by atoms with E-state index in [1.54, 1.807) is 6.08 Å². The summed E-state index contributed by atoms with van der Waals surface area (Å²) < 4.78 is 0. The summed E-state index contributed by atoms with van der Waals surface area (Å²) in [5.74, 6) is -0.0694. The molecule has 1 rings (SSSR count). The molecule has 1 amide bonds. The third-order valence-corrected chi connectivity index (χ3v) is 2.00. The van der Waals surface area contributed by atoms with Gasteiger partial charge in [-0.05, 0) is 24.1 Å². The Kier molecular flexibility index (Phi) is 4.35. The van der Waals surface area contributed by atoms with Gasteiger partial charge in [0.15, 0.2) is 0 Å². The van der Waals surface area contributed by atoms with Crippen LogP contribution in [0.4, 0.5) is 0 Å². The molecular formula is C13H15NO. The summed E-state index contributed by atoms with van der Waals surface area (Å²) >= 11 is 0. The predicted octanol–water partition coefficient (Wildman–Crippen LogP) is 2.33. The van der Waals surface area contributed by atoms with Crippen LogP contribution in [-0.2, 0) is 6.42 Å². The number of rotatable bonds is 5. The molecule has 0 fully saturated rings. The van der Waals surface area contributed by atoms with Crippen molar-refractivity contribution in [2.75, 3.05) is 6.54 Å². The minimum atomic E-state index is -0.0694. The molecule has 0 saturated heterocycles. The first kappa shape index (κ1) is 11.2. The first-order chi connectivity index (χ1) is 7.27. The van der Waals surface area contributed by atoms with Gasteiger partial charge in [0.2, 0.25) is 0 Å². The largest absolute Gasteiger partial charge is 0.349 e. The van der Waals surface area contributed by atoms with Crippen LogP contribution < -0.4 is 5.32 Å². The van der Waals surface area contributed by atoms with Crippen LogP contribution in [-0.4, -0.2) is 12.5 Å². The Morgan fingerprint density at radius 2 is 1.87 bits per heavy atom. The number of benzene rings is 1. The molecule has 1 N–H and O–H groups in total. The molecule has 0 heterocycles. The highest BCUT2D eigenvalue weighted by molar-refractivity contribution is 5.94. The molecule has 0 bridgehead atoms. The smallest absolute Gasteiger partial charge is 0.251 e. The summed E-state index contributed by atoms with van der Waals surface area (Å²) in [5, 5.41) is 2.72. The molecule has 0 saturated carbocycles. The zero-order valence-electron chi connectivity index (χ0n) is 8.70. The predicted molar refractivity (Wildman–Crippen MR) is 62.9 cm³/mol. The van der Waals surface area contributed by atoms with E-state index < -0.39 is 0 Å². The van der Waals surface area contributed by atoms with E-state index in [1.165, 1.54) is 0 Å². The SMILES string of the molecule is C=CCNC(=O)c1ccc(CC=C)cc1. The van der Waals surface area contributed by atoms with Crippen LogP contribution in [0, 0.1) is 0 Å². The van der Waals surface area contributed by atoms with E-state index in [1.807, 2.05) is 30.3 Å². The van der Waals surface area contributed by atoms with E-state index in [2.05, 4.69) is 18.5 Å². The number of nitrogens with one attached hydrogen (secondary N) is 1. The molecular weight excluding hydrogens is 186 g/mol. The Hall–Kier alpha value is -1.83. The van der Waals surface area contributed by atoms with E-state index in [4.69, 9.17) is 0 Å². The fraction of sp³-hybridized carbons (Fsp3) is 0.154. The second-order valence-corrected chi connectivity index (χ2v) is 3.19. The number of carbonyl (C=O) groups is 1. The summed E-state index contributed by atoms with van der Waals surface area (Å²) in [5.41, 5.74) is 1.83. The number of allylic oxidation sites excluding steroid dienone is 1. The van der Waals surface area contributed by atoms with Crippen molar-refractivity contribution in [3.8, 4) is 0 Å². The standard InChI is InChI=1S/C13H15NO/c1-3-5-11-6-8-12(9-7-11)13(15)14-10-4-2/h3-4,6-9H,1-2,5,10H2,(H,14,15). The Labute approximate surface area is 90.3 Å². The minimum absolute atomic E-state index is 0.0694. The molecule has 15 heavy (non-hydrogen) atoms. The second kappa shape index (κ2) is 5.81. The normalized spacial score (nSPS) is 9.33. The third kappa shape index (κ3) is 3.43. The summed E-state index contributed by atoms with van der Waals surface area (Å²) in [6, 6.07) is 7.50. The first-order valence-electron chi connectivity index (χ1n) is 4.87. The van der Waals surface area contributed by atoms with E-state index >= 15 is 0 Å². The van der Waals surface area contributed by atoms with Crippen LogP contribution in [0.15, 0.2) is 49.6 Å². The summed E-state index contributed by atoms with van der Waals surface area (Å²) in [4.78, 5) is 11.5. The zero-order valence-corrected chi connectivity index (χ0v) is 8.70. The van der Waals surface area contributed by atoms with Gasteiger partial charge in [0.05, 0.1) is 0 Å².